The second-order valence-corrected chi connectivity index (χ2v) is 8.55. The van der Waals surface area contributed by atoms with Crippen molar-refractivity contribution in [2.45, 2.75) is 40.2 Å². The number of hydrogen-bond donors (Lipinski definition) is 1. The van der Waals surface area contributed by atoms with Crippen molar-refractivity contribution in [1.29, 1.82) is 0 Å². The van der Waals surface area contributed by atoms with Crippen LogP contribution in [0, 0.1) is 5.92 Å². The second kappa shape index (κ2) is 12.8. The highest BCUT2D eigenvalue weighted by Crippen LogP contribution is 2.29. The van der Waals surface area contributed by atoms with Crippen LogP contribution in [-0.4, -0.2) is 60.2 Å². The highest BCUT2D eigenvalue weighted by atomic mass is 16.5. The molecule has 0 bridgehead atoms. The minimum absolute atomic E-state index is 0.0153. The van der Waals surface area contributed by atoms with Crippen LogP contribution >= 0.6 is 0 Å². The summed E-state index contributed by atoms with van der Waals surface area (Å²) in [5.74, 6) is 1.37. The van der Waals surface area contributed by atoms with Gasteiger partial charge in [-0.25, -0.2) is 4.79 Å². The SMILES string of the molecule is CCCCN(CC(=O)N(Cc1cccn1C)CC(C)C)C(=O)Nc1ccc(OC)cc1OC. The van der Waals surface area contributed by atoms with Crippen molar-refractivity contribution in [2.24, 2.45) is 13.0 Å². The molecule has 1 heterocycles. The molecule has 0 unspecified atom stereocenters. The minimum Gasteiger partial charge on any atom is -0.497 e. The van der Waals surface area contributed by atoms with Gasteiger partial charge in [-0.1, -0.05) is 27.2 Å². The van der Waals surface area contributed by atoms with Gasteiger partial charge in [-0.3, -0.25) is 4.79 Å². The molecule has 0 saturated carbocycles. The number of aromatic nitrogens is 1. The lowest BCUT2D eigenvalue weighted by molar-refractivity contribution is -0.133. The van der Waals surface area contributed by atoms with Gasteiger partial charge < -0.3 is 29.2 Å². The summed E-state index contributed by atoms with van der Waals surface area (Å²) in [5.41, 5.74) is 1.58. The predicted octanol–water partition coefficient (Wildman–Crippen LogP) is 4.36. The second-order valence-electron chi connectivity index (χ2n) is 8.55. The molecule has 0 spiro atoms. The summed E-state index contributed by atoms with van der Waals surface area (Å²) in [6.07, 6.45) is 3.70. The largest absolute Gasteiger partial charge is 0.497 e. The lowest BCUT2D eigenvalue weighted by Crippen LogP contribution is -2.45. The van der Waals surface area contributed by atoms with Crippen LogP contribution in [0.25, 0.3) is 0 Å². The Bertz CT molecular complexity index is 910. The fourth-order valence-corrected chi connectivity index (χ4v) is 3.51. The van der Waals surface area contributed by atoms with Crippen molar-refractivity contribution < 1.29 is 19.1 Å². The number of benzene rings is 1. The number of anilines is 1. The van der Waals surface area contributed by atoms with Crippen LogP contribution in [0.2, 0.25) is 0 Å². The predicted molar refractivity (Wildman–Crippen MR) is 131 cm³/mol. The zero-order valence-corrected chi connectivity index (χ0v) is 20.8. The molecular weight excluding hydrogens is 420 g/mol. The summed E-state index contributed by atoms with van der Waals surface area (Å²) in [4.78, 5) is 29.9. The Kier molecular flexibility index (Phi) is 10.1. The molecule has 0 atom stereocenters. The molecule has 2 aromatic rings. The number of carbonyl (C=O) groups excluding carboxylic acids is 2. The summed E-state index contributed by atoms with van der Waals surface area (Å²) in [6.45, 7) is 7.87. The van der Waals surface area contributed by atoms with E-state index in [1.165, 1.54) is 7.11 Å². The van der Waals surface area contributed by atoms with E-state index in [-0.39, 0.29) is 18.5 Å². The van der Waals surface area contributed by atoms with Crippen LogP contribution in [0.3, 0.4) is 0 Å². The van der Waals surface area contributed by atoms with Crippen molar-refractivity contribution in [3.8, 4) is 11.5 Å². The standard InChI is InChI=1S/C25H38N4O4/c1-7-8-14-28(25(31)26-22-12-11-21(32-5)15-23(22)33-6)18-24(30)29(16-19(2)3)17-20-10-9-13-27(20)4/h9-13,15,19H,7-8,14,16-18H2,1-6H3,(H,26,31). The van der Waals surface area contributed by atoms with Gasteiger partial charge in [0.1, 0.15) is 18.0 Å². The minimum atomic E-state index is -0.330. The maximum Gasteiger partial charge on any atom is 0.322 e. The van der Waals surface area contributed by atoms with Crippen molar-refractivity contribution in [2.75, 3.05) is 39.2 Å². The molecule has 0 fully saturated rings. The Balaban J connectivity index is 2.17. The van der Waals surface area contributed by atoms with Crippen molar-refractivity contribution >= 4 is 17.6 Å². The summed E-state index contributed by atoms with van der Waals surface area (Å²) < 4.78 is 12.6. The highest BCUT2D eigenvalue weighted by molar-refractivity contribution is 5.93. The molecule has 3 amide bonds. The zero-order chi connectivity index (χ0) is 24.4. The van der Waals surface area contributed by atoms with Gasteiger partial charge in [0.15, 0.2) is 0 Å². The van der Waals surface area contributed by atoms with Crippen molar-refractivity contribution in [1.82, 2.24) is 14.4 Å². The number of amides is 3. The van der Waals surface area contributed by atoms with Crippen LogP contribution in [0.5, 0.6) is 11.5 Å². The molecule has 1 aromatic carbocycles. The molecule has 182 valence electrons. The van der Waals surface area contributed by atoms with E-state index in [2.05, 4.69) is 26.1 Å². The third kappa shape index (κ3) is 7.73. The van der Waals surface area contributed by atoms with E-state index in [0.29, 0.717) is 42.7 Å². The van der Waals surface area contributed by atoms with Gasteiger partial charge in [0, 0.05) is 38.1 Å². The molecule has 1 aromatic heterocycles. The lowest BCUT2D eigenvalue weighted by atomic mass is 10.2. The average Bonchev–Trinajstić information content (AvgIpc) is 3.20. The fourth-order valence-electron chi connectivity index (χ4n) is 3.51. The summed E-state index contributed by atoms with van der Waals surface area (Å²) in [5, 5.41) is 2.89. The molecule has 8 heteroatoms. The third-order valence-electron chi connectivity index (χ3n) is 5.39. The first-order valence-corrected chi connectivity index (χ1v) is 11.4. The average molecular weight is 459 g/mol. The Morgan fingerprint density at radius 2 is 1.88 bits per heavy atom. The van der Waals surface area contributed by atoms with E-state index in [1.54, 1.807) is 30.2 Å². The van der Waals surface area contributed by atoms with E-state index in [9.17, 15) is 9.59 Å². The number of urea groups is 1. The molecule has 8 nitrogen and oxygen atoms in total. The van der Waals surface area contributed by atoms with Gasteiger partial charge >= 0.3 is 6.03 Å². The molecule has 0 saturated heterocycles. The Hall–Kier alpha value is -3.16. The summed E-state index contributed by atoms with van der Waals surface area (Å²) in [6, 6.07) is 8.85. The Morgan fingerprint density at radius 3 is 2.45 bits per heavy atom. The molecule has 0 aliphatic carbocycles. The summed E-state index contributed by atoms with van der Waals surface area (Å²) in [7, 11) is 5.08. The number of carbonyl (C=O) groups is 2. The number of rotatable bonds is 12. The molecule has 2 rings (SSSR count). The molecule has 33 heavy (non-hydrogen) atoms. The number of hydrogen-bond acceptors (Lipinski definition) is 4. The van der Waals surface area contributed by atoms with Crippen LogP contribution in [0.4, 0.5) is 10.5 Å². The third-order valence-corrected chi connectivity index (χ3v) is 5.39. The first-order valence-electron chi connectivity index (χ1n) is 11.4. The van der Waals surface area contributed by atoms with Crippen LogP contribution in [0.1, 0.15) is 39.3 Å². The van der Waals surface area contributed by atoms with E-state index >= 15 is 0 Å². The Labute approximate surface area is 197 Å². The van der Waals surface area contributed by atoms with Gasteiger partial charge in [-0.2, -0.15) is 0 Å². The molecule has 1 N–H and O–H groups in total. The van der Waals surface area contributed by atoms with Crippen LogP contribution in [0.15, 0.2) is 36.5 Å². The maximum atomic E-state index is 13.3. The normalized spacial score (nSPS) is 10.8. The highest BCUT2D eigenvalue weighted by Gasteiger charge is 2.23. The van der Waals surface area contributed by atoms with E-state index in [0.717, 1.165) is 18.5 Å². The van der Waals surface area contributed by atoms with Gasteiger partial charge in [-0.05, 0) is 36.6 Å². The van der Waals surface area contributed by atoms with Crippen molar-refractivity contribution in [3.05, 3.63) is 42.2 Å². The quantitative estimate of drug-likeness (QED) is 0.513. The molecule has 0 aliphatic heterocycles. The number of unbranched alkanes of at least 4 members (excludes halogenated alkanes) is 1. The number of aryl methyl sites for hydroxylation is 1. The van der Waals surface area contributed by atoms with Gasteiger partial charge in [0.05, 0.1) is 26.5 Å². The molecule has 0 radical (unpaired) electrons. The van der Waals surface area contributed by atoms with Gasteiger partial charge in [0.25, 0.3) is 0 Å². The topological polar surface area (TPSA) is 76.0 Å². The van der Waals surface area contributed by atoms with E-state index < -0.39 is 0 Å². The molecule has 0 aliphatic rings. The number of nitrogens with one attached hydrogen (secondary N) is 1. The number of ether oxygens (including phenoxy) is 2. The number of methoxy groups -OCH3 is 2. The zero-order valence-electron chi connectivity index (χ0n) is 20.8. The van der Waals surface area contributed by atoms with Crippen LogP contribution < -0.4 is 14.8 Å². The van der Waals surface area contributed by atoms with Crippen LogP contribution in [-0.2, 0) is 18.4 Å². The maximum absolute atomic E-state index is 13.3. The monoisotopic (exact) mass is 458 g/mol. The smallest absolute Gasteiger partial charge is 0.322 e. The summed E-state index contributed by atoms with van der Waals surface area (Å²) >= 11 is 0. The van der Waals surface area contributed by atoms with E-state index in [4.69, 9.17) is 9.47 Å². The van der Waals surface area contributed by atoms with E-state index in [1.807, 2.05) is 34.8 Å². The fraction of sp³-hybridized carbons (Fsp3) is 0.520. The van der Waals surface area contributed by atoms with Gasteiger partial charge in [0.2, 0.25) is 5.91 Å². The number of nitrogens with zero attached hydrogens (tertiary/aromatic N) is 3. The first-order chi connectivity index (χ1) is 15.8. The molecular formula is C25H38N4O4. The Morgan fingerprint density at radius 1 is 1.12 bits per heavy atom. The lowest BCUT2D eigenvalue weighted by Gasteiger charge is -2.29. The van der Waals surface area contributed by atoms with Gasteiger partial charge in [-0.15, -0.1) is 0 Å². The van der Waals surface area contributed by atoms with Crippen molar-refractivity contribution in [3.63, 3.8) is 0 Å². The first kappa shape index (κ1) is 26.1.